The maximum atomic E-state index is 14.0. The first-order valence-electron chi connectivity index (χ1n) is 12.4. The third kappa shape index (κ3) is 9.90. The van der Waals surface area contributed by atoms with Crippen molar-refractivity contribution in [1.29, 1.82) is 0 Å². The fourth-order valence-electron chi connectivity index (χ4n) is 3.76. The van der Waals surface area contributed by atoms with Crippen LogP contribution < -0.4 is 44.3 Å². The van der Waals surface area contributed by atoms with Gasteiger partial charge in [0.2, 0.25) is 5.91 Å². The van der Waals surface area contributed by atoms with Crippen LogP contribution >= 0.6 is 11.3 Å². The Morgan fingerprint density at radius 1 is 1.08 bits per heavy atom. The van der Waals surface area contributed by atoms with Gasteiger partial charge in [-0.15, -0.1) is 11.3 Å². The SMILES string of the molecule is CCCCCCCCOc1ccc(N(C(=O)CCC(=O)[O-])c2nc(-c3cccnc3)cs2)cc1C(F)(F)F.[Na+]. The van der Waals surface area contributed by atoms with E-state index in [1.807, 2.05) is 0 Å². The maximum absolute atomic E-state index is 14.0. The summed E-state index contributed by atoms with van der Waals surface area (Å²) in [7, 11) is 0. The number of alkyl halides is 3. The number of hydrogen-bond donors (Lipinski definition) is 0. The molecule has 12 heteroatoms. The Morgan fingerprint density at radius 3 is 2.49 bits per heavy atom. The molecule has 0 saturated carbocycles. The number of carbonyl (C=O) groups excluding carboxylic acids is 2. The first-order chi connectivity index (χ1) is 18.2. The quantitative estimate of drug-likeness (QED) is 0.218. The van der Waals surface area contributed by atoms with Gasteiger partial charge in [0.25, 0.3) is 0 Å². The number of aromatic nitrogens is 2. The summed E-state index contributed by atoms with van der Waals surface area (Å²) in [4.78, 5) is 33.4. The summed E-state index contributed by atoms with van der Waals surface area (Å²) in [5, 5.41) is 12.7. The number of carboxylic acid groups (broad SMARTS) is 1. The number of thiazole rings is 1. The van der Waals surface area contributed by atoms with Crippen LogP contribution in [0.1, 0.15) is 63.9 Å². The summed E-state index contributed by atoms with van der Waals surface area (Å²) >= 11 is 1.04. The summed E-state index contributed by atoms with van der Waals surface area (Å²) in [6, 6.07) is 6.82. The fraction of sp³-hybridized carbons (Fsp3) is 0.407. The van der Waals surface area contributed by atoms with Gasteiger partial charge in [-0.3, -0.25) is 14.7 Å². The van der Waals surface area contributed by atoms with Crippen LogP contribution in [0.5, 0.6) is 5.75 Å². The molecule has 1 aromatic carbocycles. The van der Waals surface area contributed by atoms with Crippen LogP contribution in [0.15, 0.2) is 48.1 Å². The van der Waals surface area contributed by atoms with Crippen molar-refractivity contribution >= 4 is 34.0 Å². The van der Waals surface area contributed by atoms with Gasteiger partial charge >= 0.3 is 35.7 Å². The molecule has 39 heavy (non-hydrogen) atoms. The molecule has 0 saturated heterocycles. The molecule has 0 spiro atoms. The number of hydrogen-bond acceptors (Lipinski definition) is 7. The third-order valence-corrected chi connectivity index (χ3v) is 6.54. The molecule has 0 radical (unpaired) electrons. The molecule has 0 aliphatic carbocycles. The van der Waals surface area contributed by atoms with E-state index in [0.29, 0.717) is 17.7 Å². The molecule has 3 rings (SSSR count). The van der Waals surface area contributed by atoms with E-state index >= 15 is 0 Å². The molecule has 0 atom stereocenters. The molecule has 3 aromatic rings. The molecule has 0 aliphatic rings. The average Bonchev–Trinajstić information content (AvgIpc) is 3.37. The number of rotatable bonds is 14. The molecule has 1 amide bonds. The Morgan fingerprint density at radius 2 is 1.82 bits per heavy atom. The van der Waals surface area contributed by atoms with E-state index in [-0.39, 0.29) is 52.7 Å². The van der Waals surface area contributed by atoms with E-state index < -0.39 is 36.5 Å². The van der Waals surface area contributed by atoms with Crippen molar-refractivity contribution in [3.8, 4) is 17.0 Å². The van der Waals surface area contributed by atoms with Gasteiger partial charge in [-0.2, -0.15) is 13.2 Å². The molecule has 2 heterocycles. The fourth-order valence-corrected chi connectivity index (χ4v) is 4.63. The Labute approximate surface area is 251 Å². The van der Waals surface area contributed by atoms with Crippen LogP contribution in [-0.2, 0) is 15.8 Å². The first-order valence-corrected chi connectivity index (χ1v) is 13.3. The van der Waals surface area contributed by atoms with Gasteiger partial charge in [0.05, 0.1) is 23.6 Å². The van der Waals surface area contributed by atoms with Gasteiger partial charge in [-0.25, -0.2) is 4.98 Å². The number of carboxylic acids is 1. The zero-order valence-electron chi connectivity index (χ0n) is 22.0. The molecule has 2 aromatic heterocycles. The zero-order valence-corrected chi connectivity index (χ0v) is 24.8. The molecule has 204 valence electrons. The van der Waals surface area contributed by atoms with Gasteiger partial charge in [0, 0.05) is 35.7 Å². The zero-order chi connectivity index (χ0) is 27.5. The van der Waals surface area contributed by atoms with Crippen LogP contribution in [0.2, 0.25) is 0 Å². The van der Waals surface area contributed by atoms with Crippen molar-refractivity contribution in [2.75, 3.05) is 11.5 Å². The van der Waals surface area contributed by atoms with Crippen molar-refractivity contribution in [1.82, 2.24) is 9.97 Å². The maximum Gasteiger partial charge on any atom is 1.00 e. The van der Waals surface area contributed by atoms with Crippen LogP contribution in [0, 0.1) is 0 Å². The van der Waals surface area contributed by atoms with Gasteiger partial charge in [0.1, 0.15) is 5.75 Å². The second-order valence-corrected chi connectivity index (χ2v) is 9.49. The normalized spacial score (nSPS) is 11.1. The van der Waals surface area contributed by atoms with E-state index in [1.165, 1.54) is 12.1 Å². The minimum absolute atomic E-state index is 0. The number of ether oxygens (including phenoxy) is 1. The molecular weight excluding hydrogens is 542 g/mol. The van der Waals surface area contributed by atoms with E-state index in [1.54, 1.807) is 29.9 Å². The summed E-state index contributed by atoms with van der Waals surface area (Å²) < 4.78 is 47.5. The Balaban J connectivity index is 0.00000533. The molecular formula is C27H29F3N3NaO4S. The van der Waals surface area contributed by atoms with Crippen molar-refractivity contribution in [2.24, 2.45) is 0 Å². The summed E-state index contributed by atoms with van der Waals surface area (Å²) in [6.45, 7) is 2.25. The van der Waals surface area contributed by atoms with Crippen LogP contribution in [-0.4, -0.2) is 28.5 Å². The number of amides is 1. The summed E-state index contributed by atoms with van der Waals surface area (Å²) in [5.74, 6) is -2.50. The predicted molar refractivity (Wildman–Crippen MR) is 137 cm³/mol. The largest absolute Gasteiger partial charge is 1.00 e. The summed E-state index contributed by atoms with van der Waals surface area (Å²) in [5.41, 5.74) is 0.0136. The van der Waals surface area contributed by atoms with Crippen molar-refractivity contribution in [3.05, 3.63) is 53.7 Å². The smallest absolute Gasteiger partial charge is 0.550 e. The van der Waals surface area contributed by atoms with Gasteiger partial charge in [-0.05, 0) is 43.2 Å². The van der Waals surface area contributed by atoms with E-state index in [0.717, 1.165) is 54.4 Å². The first kappa shape index (κ1) is 32.7. The van der Waals surface area contributed by atoms with Crippen molar-refractivity contribution < 1.29 is 62.2 Å². The number of aliphatic carboxylic acids is 1. The number of unbranched alkanes of at least 4 members (excludes halogenated alkanes) is 5. The number of benzene rings is 1. The Bertz CT molecular complexity index is 1210. The number of anilines is 2. The molecule has 0 fully saturated rings. The second-order valence-electron chi connectivity index (χ2n) is 8.65. The van der Waals surface area contributed by atoms with Gasteiger partial charge in [0.15, 0.2) is 5.13 Å². The molecule has 7 nitrogen and oxygen atoms in total. The van der Waals surface area contributed by atoms with Gasteiger partial charge < -0.3 is 14.6 Å². The van der Waals surface area contributed by atoms with E-state index in [4.69, 9.17) is 4.74 Å². The minimum Gasteiger partial charge on any atom is -0.550 e. The second kappa shape index (κ2) is 16.0. The minimum atomic E-state index is -4.74. The molecule has 0 bridgehead atoms. The standard InChI is InChI=1S/C27H30F3N3O4S.Na/c1-2-3-4-5-6-7-15-37-23-11-10-20(16-21(23)27(28,29)30)33(24(34)12-13-25(35)36)26-32-22(18-38-26)19-9-8-14-31-17-19;/h8-11,14,16-18H,2-7,12-13,15H2,1H3,(H,35,36);/q;+1/p-1. The van der Waals surface area contributed by atoms with Crippen molar-refractivity contribution in [3.63, 3.8) is 0 Å². The van der Waals surface area contributed by atoms with Crippen molar-refractivity contribution in [2.45, 2.75) is 64.5 Å². The number of carbonyl (C=O) groups is 2. The average molecular weight is 572 g/mol. The van der Waals surface area contributed by atoms with Crippen LogP contribution in [0.4, 0.5) is 24.0 Å². The number of nitrogens with zero attached hydrogens (tertiary/aromatic N) is 3. The predicted octanol–water partition coefficient (Wildman–Crippen LogP) is 3.16. The number of pyridine rings is 1. The molecule has 0 N–H and O–H groups in total. The monoisotopic (exact) mass is 571 g/mol. The van der Waals surface area contributed by atoms with Crippen LogP contribution in [0.25, 0.3) is 11.3 Å². The van der Waals surface area contributed by atoms with Crippen LogP contribution in [0.3, 0.4) is 0 Å². The summed E-state index contributed by atoms with van der Waals surface area (Å²) in [6.07, 6.45) is 3.17. The topological polar surface area (TPSA) is 95.5 Å². The molecule has 0 unspecified atom stereocenters. The van der Waals surface area contributed by atoms with E-state index in [2.05, 4.69) is 16.9 Å². The third-order valence-electron chi connectivity index (χ3n) is 5.72. The van der Waals surface area contributed by atoms with E-state index in [9.17, 15) is 27.9 Å². The Hall–Kier alpha value is -2.47. The Kier molecular flexibility index (Phi) is 13.4. The van der Waals surface area contributed by atoms with Gasteiger partial charge in [-0.1, -0.05) is 39.0 Å². The number of halogens is 3. The molecule has 0 aliphatic heterocycles.